The van der Waals surface area contributed by atoms with E-state index in [9.17, 15) is 33.6 Å². The van der Waals surface area contributed by atoms with Gasteiger partial charge < -0.3 is 41.0 Å². The number of ether oxygens (including phenoxy) is 2. The molecular weight excluding hydrogens is 612 g/mol. The lowest BCUT2D eigenvalue weighted by Crippen LogP contribution is -2.63. The number of amides is 6. The second kappa shape index (κ2) is 16.8. The van der Waals surface area contributed by atoms with Crippen molar-refractivity contribution in [2.75, 3.05) is 20.2 Å². The topological polar surface area (TPSA) is 201 Å². The number of nitrogens with zero attached hydrogens (tertiary/aromatic N) is 1. The fourth-order valence-electron chi connectivity index (χ4n) is 4.98. The van der Waals surface area contributed by atoms with Crippen LogP contribution in [0.1, 0.15) is 95.4 Å². The minimum absolute atomic E-state index is 0.000339. The van der Waals surface area contributed by atoms with Crippen LogP contribution >= 0.6 is 0 Å². The Labute approximate surface area is 278 Å². The van der Waals surface area contributed by atoms with Crippen LogP contribution in [0, 0.1) is 11.8 Å². The Hall–Kier alpha value is -3.91. The number of esters is 1. The highest BCUT2D eigenvalue weighted by Crippen LogP contribution is 2.23. The largest absolute Gasteiger partial charge is 0.467 e. The Balaban J connectivity index is 3.00. The first kappa shape index (κ1) is 41.1. The Morgan fingerprint density at radius 2 is 1.40 bits per heavy atom. The molecule has 0 unspecified atom stereocenters. The molecule has 1 aliphatic rings. The van der Waals surface area contributed by atoms with Crippen molar-refractivity contribution >= 4 is 41.6 Å². The molecule has 3 atom stereocenters. The standard InChI is InChI=1S/C32H56N6O9/c1-18(2)16-20(34-22(39)17-33-29(45)47-30(5,6)7)24(40)36-31(8,9)27(43)38-15-13-14-21(38)25(41)35-23(19(3)4)26(42)37-32(10,11)28(44)46-12/h18-21,23H,13-17H2,1-12H3,(H,33,45)(H,34,39)(H,35,41)(H,36,40)(H,37,42)/t20-,21-,23-/m0/s1. The molecule has 6 amide bonds. The van der Waals surface area contributed by atoms with Crippen LogP contribution in [-0.4, -0.2) is 102 Å². The van der Waals surface area contributed by atoms with Crippen molar-refractivity contribution < 1.29 is 43.0 Å². The number of likely N-dealkylation sites (tertiary alicyclic amines) is 1. The van der Waals surface area contributed by atoms with E-state index in [-0.39, 0.29) is 24.8 Å². The van der Waals surface area contributed by atoms with Crippen molar-refractivity contribution in [3.05, 3.63) is 0 Å². The van der Waals surface area contributed by atoms with Gasteiger partial charge in [-0.1, -0.05) is 27.7 Å². The molecule has 0 aliphatic carbocycles. The zero-order valence-electron chi connectivity index (χ0n) is 30.0. The summed E-state index contributed by atoms with van der Waals surface area (Å²) in [5, 5.41) is 13.0. The molecular formula is C32H56N6O9. The molecule has 0 aromatic heterocycles. The summed E-state index contributed by atoms with van der Waals surface area (Å²) in [6, 6.07) is -2.90. The average molecular weight is 669 g/mol. The molecule has 1 heterocycles. The van der Waals surface area contributed by atoms with Gasteiger partial charge in [-0.2, -0.15) is 0 Å². The summed E-state index contributed by atoms with van der Waals surface area (Å²) in [6.45, 7) is 18.1. The smallest absolute Gasteiger partial charge is 0.408 e. The fourth-order valence-corrected chi connectivity index (χ4v) is 4.98. The Morgan fingerprint density at radius 3 is 1.91 bits per heavy atom. The zero-order chi connectivity index (χ0) is 36.5. The van der Waals surface area contributed by atoms with Crippen molar-refractivity contribution in [3.63, 3.8) is 0 Å². The predicted molar refractivity (Wildman–Crippen MR) is 174 cm³/mol. The lowest BCUT2D eigenvalue weighted by Gasteiger charge is -2.35. The van der Waals surface area contributed by atoms with Gasteiger partial charge in [-0.05, 0) is 79.6 Å². The van der Waals surface area contributed by atoms with Crippen LogP contribution in [0.3, 0.4) is 0 Å². The van der Waals surface area contributed by atoms with Gasteiger partial charge in [0.05, 0.1) is 7.11 Å². The molecule has 268 valence electrons. The van der Waals surface area contributed by atoms with Crippen LogP contribution in [0.4, 0.5) is 4.79 Å². The van der Waals surface area contributed by atoms with Crippen LogP contribution in [0.2, 0.25) is 0 Å². The SMILES string of the molecule is COC(=O)C(C)(C)NC(=O)[C@@H](NC(=O)[C@@H]1CCCN1C(=O)C(C)(C)NC(=O)[C@H](CC(C)C)NC(=O)CNC(=O)OC(C)(C)C)C(C)C. The van der Waals surface area contributed by atoms with E-state index in [1.54, 1.807) is 34.6 Å². The van der Waals surface area contributed by atoms with Crippen molar-refractivity contribution in [1.82, 2.24) is 31.5 Å². The third-order valence-electron chi connectivity index (χ3n) is 7.32. The molecule has 1 rings (SSSR count). The summed E-state index contributed by atoms with van der Waals surface area (Å²) in [6.07, 6.45) is 0.351. The van der Waals surface area contributed by atoms with Gasteiger partial charge in [0.25, 0.3) is 0 Å². The van der Waals surface area contributed by atoms with E-state index in [2.05, 4.69) is 26.6 Å². The number of hydrogen-bond acceptors (Lipinski definition) is 9. The van der Waals surface area contributed by atoms with Crippen LogP contribution in [0.5, 0.6) is 0 Å². The number of alkyl carbamates (subject to hydrolysis) is 1. The second-order valence-electron chi connectivity index (χ2n) is 14.7. The molecule has 1 saturated heterocycles. The summed E-state index contributed by atoms with van der Waals surface area (Å²) in [5.74, 6) is -3.84. The van der Waals surface area contributed by atoms with Gasteiger partial charge in [-0.25, -0.2) is 9.59 Å². The molecule has 0 aromatic carbocycles. The van der Waals surface area contributed by atoms with E-state index in [0.717, 1.165) is 0 Å². The number of nitrogens with one attached hydrogen (secondary N) is 5. The van der Waals surface area contributed by atoms with E-state index < -0.39 is 82.9 Å². The highest BCUT2D eigenvalue weighted by molar-refractivity contribution is 5.98. The molecule has 1 aliphatic heterocycles. The van der Waals surface area contributed by atoms with Gasteiger partial charge in [-0.3, -0.25) is 24.0 Å². The summed E-state index contributed by atoms with van der Waals surface area (Å²) >= 11 is 0. The number of methoxy groups -OCH3 is 1. The first-order chi connectivity index (χ1) is 21.4. The molecule has 0 aromatic rings. The highest BCUT2D eigenvalue weighted by atomic mass is 16.6. The number of rotatable bonds is 14. The lowest BCUT2D eigenvalue weighted by molar-refractivity contribution is -0.150. The van der Waals surface area contributed by atoms with Crippen molar-refractivity contribution in [1.29, 1.82) is 0 Å². The van der Waals surface area contributed by atoms with Crippen molar-refractivity contribution in [3.8, 4) is 0 Å². The Morgan fingerprint density at radius 1 is 0.830 bits per heavy atom. The lowest BCUT2D eigenvalue weighted by atomic mass is 9.98. The first-order valence-electron chi connectivity index (χ1n) is 16.0. The van der Waals surface area contributed by atoms with E-state index in [4.69, 9.17) is 9.47 Å². The quantitative estimate of drug-likeness (QED) is 0.168. The van der Waals surface area contributed by atoms with Crippen LogP contribution < -0.4 is 26.6 Å². The van der Waals surface area contributed by atoms with Gasteiger partial charge in [0.15, 0.2) is 0 Å². The van der Waals surface area contributed by atoms with Gasteiger partial charge in [-0.15, -0.1) is 0 Å². The maximum absolute atomic E-state index is 13.8. The number of carbonyl (C=O) groups excluding carboxylic acids is 7. The summed E-state index contributed by atoms with van der Waals surface area (Å²) in [7, 11) is 1.21. The van der Waals surface area contributed by atoms with E-state index in [1.165, 1.54) is 39.7 Å². The maximum Gasteiger partial charge on any atom is 0.408 e. The molecule has 0 bridgehead atoms. The fraction of sp³-hybridized carbons (Fsp3) is 0.781. The maximum atomic E-state index is 13.8. The number of carbonyl (C=O) groups is 7. The predicted octanol–water partition coefficient (Wildman–Crippen LogP) is 1.14. The van der Waals surface area contributed by atoms with Gasteiger partial charge >= 0.3 is 12.1 Å². The van der Waals surface area contributed by atoms with E-state index in [0.29, 0.717) is 12.8 Å². The molecule has 0 saturated carbocycles. The molecule has 0 radical (unpaired) electrons. The summed E-state index contributed by atoms with van der Waals surface area (Å²) < 4.78 is 9.88. The molecule has 1 fully saturated rings. The minimum atomic E-state index is -1.46. The van der Waals surface area contributed by atoms with Crippen LogP contribution in [0.15, 0.2) is 0 Å². The molecule has 15 heteroatoms. The highest BCUT2D eigenvalue weighted by Gasteiger charge is 2.43. The summed E-state index contributed by atoms with van der Waals surface area (Å²) in [4.78, 5) is 91.8. The van der Waals surface area contributed by atoms with Crippen LogP contribution in [0.25, 0.3) is 0 Å². The zero-order valence-corrected chi connectivity index (χ0v) is 30.0. The number of hydrogen-bond donors (Lipinski definition) is 5. The third-order valence-corrected chi connectivity index (χ3v) is 7.32. The third kappa shape index (κ3) is 13.0. The van der Waals surface area contributed by atoms with Gasteiger partial charge in [0.2, 0.25) is 29.5 Å². The minimum Gasteiger partial charge on any atom is -0.467 e. The molecule has 15 nitrogen and oxygen atoms in total. The first-order valence-corrected chi connectivity index (χ1v) is 16.0. The molecule has 47 heavy (non-hydrogen) atoms. The second-order valence-corrected chi connectivity index (χ2v) is 14.7. The van der Waals surface area contributed by atoms with Gasteiger partial charge in [0.1, 0.15) is 41.3 Å². The monoisotopic (exact) mass is 668 g/mol. The van der Waals surface area contributed by atoms with Crippen molar-refractivity contribution in [2.24, 2.45) is 11.8 Å². The van der Waals surface area contributed by atoms with E-state index >= 15 is 0 Å². The molecule has 0 spiro atoms. The Kier molecular flexibility index (Phi) is 14.7. The van der Waals surface area contributed by atoms with E-state index in [1.807, 2.05) is 13.8 Å². The average Bonchev–Trinajstić information content (AvgIpc) is 3.41. The van der Waals surface area contributed by atoms with Crippen LogP contribution in [-0.2, 0) is 38.2 Å². The summed E-state index contributed by atoms with van der Waals surface area (Å²) in [5.41, 5.74) is -3.54. The Bertz CT molecular complexity index is 1180. The normalized spacial score (nSPS) is 16.6. The van der Waals surface area contributed by atoms with Gasteiger partial charge in [0, 0.05) is 6.54 Å². The molecule has 5 N–H and O–H groups in total. The van der Waals surface area contributed by atoms with Crippen molar-refractivity contribution in [2.45, 2.75) is 130 Å².